The van der Waals surface area contributed by atoms with Crippen molar-refractivity contribution in [2.75, 3.05) is 6.54 Å². The van der Waals surface area contributed by atoms with Crippen molar-refractivity contribution >= 4 is 21.8 Å². The molecule has 108 valence electrons. The van der Waals surface area contributed by atoms with Crippen molar-refractivity contribution in [1.82, 2.24) is 5.32 Å². The fraction of sp³-hybridized carbons (Fsp3) is 0.938. The molecule has 0 spiro atoms. The Morgan fingerprint density at radius 2 is 1.74 bits per heavy atom. The molecule has 4 bridgehead atoms. The summed E-state index contributed by atoms with van der Waals surface area (Å²) in [6.45, 7) is 3.03. The van der Waals surface area contributed by atoms with E-state index in [0.717, 1.165) is 37.1 Å². The molecular weight excluding hydrogens is 302 g/mol. The van der Waals surface area contributed by atoms with Crippen LogP contribution in [0.15, 0.2) is 0 Å². The van der Waals surface area contributed by atoms with Crippen LogP contribution in [0, 0.1) is 23.2 Å². The molecule has 19 heavy (non-hydrogen) atoms. The van der Waals surface area contributed by atoms with Crippen LogP contribution in [0.5, 0.6) is 0 Å². The molecule has 0 heterocycles. The predicted molar refractivity (Wildman–Crippen MR) is 81.2 cm³/mol. The quantitative estimate of drug-likeness (QED) is 0.602. The zero-order valence-electron chi connectivity index (χ0n) is 12.0. The highest BCUT2D eigenvalue weighted by atomic mass is 79.9. The van der Waals surface area contributed by atoms with E-state index in [4.69, 9.17) is 0 Å². The summed E-state index contributed by atoms with van der Waals surface area (Å²) in [5.41, 5.74) is 0.0365. The highest BCUT2D eigenvalue weighted by Crippen LogP contribution is 2.60. The third kappa shape index (κ3) is 2.86. The van der Waals surface area contributed by atoms with Gasteiger partial charge in [0.15, 0.2) is 0 Å². The van der Waals surface area contributed by atoms with Gasteiger partial charge in [0, 0.05) is 16.8 Å². The Kier molecular flexibility index (Phi) is 3.94. The van der Waals surface area contributed by atoms with Crippen LogP contribution in [0.25, 0.3) is 0 Å². The zero-order chi connectivity index (χ0) is 13.5. The molecule has 4 fully saturated rings. The molecule has 4 saturated carbocycles. The average molecular weight is 328 g/mol. The molecule has 0 saturated heterocycles. The molecule has 4 aliphatic carbocycles. The van der Waals surface area contributed by atoms with Crippen molar-refractivity contribution in [2.45, 2.75) is 63.1 Å². The lowest BCUT2D eigenvalue weighted by atomic mass is 9.49. The lowest BCUT2D eigenvalue weighted by molar-refractivity contribution is -0.146. The van der Waals surface area contributed by atoms with Crippen molar-refractivity contribution in [3.05, 3.63) is 0 Å². The molecule has 0 aromatic carbocycles. The van der Waals surface area contributed by atoms with Crippen LogP contribution < -0.4 is 5.32 Å². The lowest BCUT2D eigenvalue weighted by Gasteiger charge is -2.55. The van der Waals surface area contributed by atoms with Gasteiger partial charge in [-0.15, -0.1) is 0 Å². The first-order chi connectivity index (χ1) is 9.07. The Morgan fingerprint density at radius 1 is 1.21 bits per heavy atom. The molecule has 0 aromatic heterocycles. The van der Waals surface area contributed by atoms with Crippen LogP contribution in [0.1, 0.15) is 58.3 Å². The summed E-state index contributed by atoms with van der Waals surface area (Å²) in [6.07, 6.45) is 10.00. The van der Waals surface area contributed by atoms with Crippen molar-refractivity contribution in [1.29, 1.82) is 0 Å². The highest BCUT2D eigenvalue weighted by molar-refractivity contribution is 9.09. The van der Waals surface area contributed by atoms with E-state index in [0.29, 0.717) is 10.7 Å². The monoisotopic (exact) mass is 327 g/mol. The fourth-order valence-electron chi connectivity index (χ4n) is 5.16. The zero-order valence-corrected chi connectivity index (χ0v) is 13.5. The Labute approximate surface area is 125 Å². The van der Waals surface area contributed by atoms with Crippen LogP contribution in [-0.2, 0) is 4.79 Å². The maximum Gasteiger partial charge on any atom is 0.226 e. The summed E-state index contributed by atoms with van der Waals surface area (Å²) in [6, 6.07) is 0. The summed E-state index contributed by atoms with van der Waals surface area (Å²) in [7, 11) is 0. The van der Waals surface area contributed by atoms with E-state index < -0.39 is 0 Å². The minimum Gasteiger partial charge on any atom is -0.356 e. The summed E-state index contributed by atoms with van der Waals surface area (Å²) in [4.78, 5) is 13.2. The first-order valence-corrected chi connectivity index (χ1v) is 8.91. The summed E-state index contributed by atoms with van der Waals surface area (Å²) in [5.74, 6) is 2.97. The van der Waals surface area contributed by atoms with E-state index in [1.54, 1.807) is 0 Å². The van der Waals surface area contributed by atoms with Crippen LogP contribution in [0.2, 0.25) is 0 Å². The number of hydrogen-bond acceptors (Lipinski definition) is 1. The number of amides is 1. The number of rotatable bonds is 5. The normalized spacial score (nSPS) is 41.3. The topological polar surface area (TPSA) is 29.1 Å². The molecular formula is C16H26BrNO. The molecule has 4 aliphatic rings. The number of halogens is 1. The molecule has 0 radical (unpaired) electrons. The van der Waals surface area contributed by atoms with Crippen LogP contribution >= 0.6 is 15.9 Å². The molecule has 1 unspecified atom stereocenters. The first-order valence-electron chi connectivity index (χ1n) is 8.00. The number of carbonyl (C=O) groups excluding carboxylic acids is 1. The van der Waals surface area contributed by atoms with Gasteiger partial charge in [0.25, 0.3) is 0 Å². The third-order valence-corrected chi connectivity index (χ3v) is 6.04. The second kappa shape index (κ2) is 5.38. The molecule has 0 aliphatic heterocycles. The predicted octanol–water partition coefficient (Wildman–Crippen LogP) is 3.88. The largest absolute Gasteiger partial charge is 0.356 e. The van der Waals surface area contributed by atoms with Gasteiger partial charge in [-0.25, -0.2) is 0 Å². The Morgan fingerprint density at radius 3 is 2.21 bits per heavy atom. The van der Waals surface area contributed by atoms with E-state index >= 15 is 0 Å². The van der Waals surface area contributed by atoms with Gasteiger partial charge < -0.3 is 5.32 Å². The maximum absolute atomic E-state index is 12.6. The van der Waals surface area contributed by atoms with Crippen LogP contribution in [0.4, 0.5) is 0 Å². The molecule has 4 rings (SSSR count). The molecule has 3 heteroatoms. The second-order valence-electron chi connectivity index (χ2n) is 7.38. The Balaban J connectivity index is 1.54. The third-order valence-electron chi connectivity index (χ3n) is 5.58. The van der Waals surface area contributed by atoms with Crippen molar-refractivity contribution in [3.63, 3.8) is 0 Å². The first kappa shape index (κ1) is 13.9. The number of carbonyl (C=O) groups is 1. The molecule has 1 amide bonds. The van der Waals surface area contributed by atoms with E-state index in [2.05, 4.69) is 28.2 Å². The second-order valence-corrected chi connectivity index (χ2v) is 8.94. The molecule has 2 nitrogen and oxygen atoms in total. The number of hydrogen-bond donors (Lipinski definition) is 1. The van der Waals surface area contributed by atoms with E-state index in [1.165, 1.54) is 38.5 Å². The van der Waals surface area contributed by atoms with Gasteiger partial charge in [-0.3, -0.25) is 4.79 Å². The maximum atomic E-state index is 12.6. The van der Waals surface area contributed by atoms with Crippen molar-refractivity contribution in [3.8, 4) is 0 Å². The lowest BCUT2D eigenvalue weighted by Crippen LogP contribution is -2.53. The van der Waals surface area contributed by atoms with Gasteiger partial charge in [0.05, 0.1) is 0 Å². The minimum atomic E-state index is 0.0365. The van der Waals surface area contributed by atoms with Crippen LogP contribution in [0.3, 0.4) is 0 Å². The van der Waals surface area contributed by atoms with Gasteiger partial charge in [-0.1, -0.05) is 22.9 Å². The van der Waals surface area contributed by atoms with Crippen LogP contribution in [-0.4, -0.2) is 17.3 Å². The summed E-state index contributed by atoms with van der Waals surface area (Å²) >= 11 is 3.56. The van der Waals surface area contributed by atoms with E-state index in [-0.39, 0.29) is 5.41 Å². The van der Waals surface area contributed by atoms with E-state index in [1.807, 2.05) is 0 Å². The smallest absolute Gasteiger partial charge is 0.226 e. The van der Waals surface area contributed by atoms with Gasteiger partial charge in [-0.05, 0) is 69.1 Å². The SMILES string of the molecule is CC(Br)CCCNC(=O)C12CC3CC(CC(C3)C1)C2. The van der Waals surface area contributed by atoms with Gasteiger partial charge in [0.2, 0.25) is 5.91 Å². The van der Waals surface area contributed by atoms with Crippen molar-refractivity contribution in [2.24, 2.45) is 23.2 Å². The highest BCUT2D eigenvalue weighted by Gasteiger charge is 2.54. The Hall–Kier alpha value is -0.0500. The number of alkyl halides is 1. The minimum absolute atomic E-state index is 0.0365. The Bertz CT molecular complexity index is 317. The van der Waals surface area contributed by atoms with Gasteiger partial charge >= 0.3 is 0 Å². The molecule has 1 N–H and O–H groups in total. The van der Waals surface area contributed by atoms with Gasteiger partial charge in [-0.2, -0.15) is 0 Å². The fourth-order valence-corrected chi connectivity index (χ4v) is 5.49. The average Bonchev–Trinajstić information content (AvgIpc) is 2.32. The molecule has 1 atom stereocenters. The molecule has 0 aromatic rings. The van der Waals surface area contributed by atoms with E-state index in [9.17, 15) is 4.79 Å². The number of nitrogens with one attached hydrogen (secondary N) is 1. The summed E-state index contributed by atoms with van der Waals surface area (Å²) in [5, 5.41) is 3.24. The van der Waals surface area contributed by atoms with Crippen molar-refractivity contribution < 1.29 is 4.79 Å². The standard InChI is InChI=1S/C16H26BrNO/c1-11(17)3-2-4-18-15(19)16-8-12-5-13(9-16)7-14(6-12)10-16/h11-14H,2-10H2,1H3,(H,18,19). The van der Waals surface area contributed by atoms with Gasteiger partial charge in [0.1, 0.15) is 0 Å². The summed E-state index contributed by atoms with van der Waals surface area (Å²) < 4.78 is 0.